The summed E-state index contributed by atoms with van der Waals surface area (Å²) in [6.45, 7) is 6.34. The Morgan fingerprint density at radius 1 is 1.03 bits per heavy atom. The number of hydrogen-bond donors (Lipinski definition) is 0. The van der Waals surface area contributed by atoms with Crippen molar-refractivity contribution in [1.29, 1.82) is 0 Å². The molecule has 5 rings (SSSR count). The molecular formula is C24H26N6O4. The van der Waals surface area contributed by atoms with Crippen LogP contribution in [0.15, 0.2) is 54.9 Å². The zero-order chi connectivity index (χ0) is 23.5. The van der Waals surface area contributed by atoms with Gasteiger partial charge in [0.1, 0.15) is 6.33 Å². The Morgan fingerprint density at radius 2 is 1.79 bits per heavy atom. The predicted molar refractivity (Wildman–Crippen MR) is 128 cm³/mol. The molecule has 1 fully saturated rings. The number of anilines is 3. The quantitative estimate of drug-likeness (QED) is 0.385. The van der Waals surface area contributed by atoms with Crippen molar-refractivity contribution in [1.82, 2.24) is 14.9 Å². The van der Waals surface area contributed by atoms with Crippen molar-refractivity contribution in [2.45, 2.75) is 13.5 Å². The predicted octanol–water partition coefficient (Wildman–Crippen LogP) is 3.59. The summed E-state index contributed by atoms with van der Waals surface area (Å²) in [4.78, 5) is 26.6. The Kier molecular flexibility index (Phi) is 6.13. The van der Waals surface area contributed by atoms with Crippen molar-refractivity contribution < 1.29 is 14.4 Å². The summed E-state index contributed by atoms with van der Waals surface area (Å²) in [6.07, 6.45) is 1.42. The molecule has 2 aliphatic heterocycles. The van der Waals surface area contributed by atoms with Gasteiger partial charge in [0.15, 0.2) is 11.5 Å². The lowest BCUT2D eigenvalue weighted by atomic mass is 10.1. The van der Waals surface area contributed by atoms with Crippen molar-refractivity contribution >= 4 is 23.0 Å². The first-order chi connectivity index (χ1) is 16.6. The van der Waals surface area contributed by atoms with E-state index in [4.69, 9.17) is 9.47 Å². The maximum atomic E-state index is 12.2. The second kappa shape index (κ2) is 9.52. The molecule has 0 N–H and O–H groups in total. The Hall–Kier alpha value is -3.92. The molecule has 0 amide bonds. The average molecular weight is 463 g/mol. The van der Waals surface area contributed by atoms with E-state index in [0.717, 1.165) is 42.4 Å². The van der Waals surface area contributed by atoms with Crippen molar-refractivity contribution in [3.05, 3.63) is 70.5 Å². The Morgan fingerprint density at radius 3 is 2.53 bits per heavy atom. The van der Waals surface area contributed by atoms with Gasteiger partial charge in [0.2, 0.25) is 18.4 Å². The molecule has 0 unspecified atom stereocenters. The Labute approximate surface area is 197 Å². The van der Waals surface area contributed by atoms with Crippen molar-refractivity contribution in [3.8, 4) is 11.5 Å². The number of benzene rings is 2. The van der Waals surface area contributed by atoms with Crippen LogP contribution in [0.2, 0.25) is 0 Å². The average Bonchev–Trinajstić information content (AvgIpc) is 3.33. The van der Waals surface area contributed by atoms with Gasteiger partial charge >= 0.3 is 5.69 Å². The van der Waals surface area contributed by atoms with Gasteiger partial charge in [0, 0.05) is 45.0 Å². The first-order valence-corrected chi connectivity index (χ1v) is 11.3. The molecule has 3 heterocycles. The zero-order valence-electron chi connectivity index (χ0n) is 19.0. The monoisotopic (exact) mass is 462 g/mol. The molecule has 0 radical (unpaired) electrons. The molecule has 0 aliphatic carbocycles. The van der Waals surface area contributed by atoms with E-state index in [2.05, 4.69) is 14.9 Å². The van der Waals surface area contributed by atoms with Crippen LogP contribution in [0.25, 0.3) is 0 Å². The highest BCUT2D eigenvalue weighted by atomic mass is 16.7. The minimum Gasteiger partial charge on any atom is -0.454 e. The van der Waals surface area contributed by atoms with E-state index >= 15 is 0 Å². The minimum absolute atomic E-state index is 0.0579. The van der Waals surface area contributed by atoms with Gasteiger partial charge in [-0.25, -0.2) is 9.97 Å². The second-order valence-corrected chi connectivity index (χ2v) is 8.16. The lowest BCUT2D eigenvalue weighted by Crippen LogP contribution is -2.46. The van der Waals surface area contributed by atoms with E-state index in [1.54, 1.807) is 0 Å². The first kappa shape index (κ1) is 21.9. The number of para-hydroxylation sites is 1. The molecule has 10 heteroatoms. The zero-order valence-corrected chi connectivity index (χ0v) is 19.0. The summed E-state index contributed by atoms with van der Waals surface area (Å²) in [7, 11) is 0. The largest absolute Gasteiger partial charge is 0.454 e. The molecule has 176 valence electrons. The SMILES string of the molecule is CCN(c1ccccc1)c1ncnc(N2CCN(Cc3ccc4c(c3)OCO4)CC2)c1[N+](=O)[O-]. The summed E-state index contributed by atoms with van der Waals surface area (Å²) < 4.78 is 10.9. The van der Waals surface area contributed by atoms with Crippen LogP contribution in [0.1, 0.15) is 12.5 Å². The van der Waals surface area contributed by atoms with Gasteiger partial charge in [-0.1, -0.05) is 24.3 Å². The standard InChI is InChI=1S/C24H26N6O4/c1-2-29(19-6-4-3-5-7-19)24-22(30(31)32)23(25-16-26-24)28-12-10-27(11-13-28)15-18-8-9-20-21(14-18)34-17-33-20/h3-9,14,16H,2,10-13,15,17H2,1H3. The van der Waals surface area contributed by atoms with Gasteiger partial charge in [-0.3, -0.25) is 15.0 Å². The molecular weight excluding hydrogens is 436 g/mol. The highest BCUT2D eigenvalue weighted by Gasteiger charge is 2.32. The molecule has 3 aromatic rings. The van der Waals surface area contributed by atoms with Crippen LogP contribution in [0.4, 0.5) is 23.0 Å². The van der Waals surface area contributed by atoms with Crippen LogP contribution in [-0.2, 0) is 6.54 Å². The molecule has 0 bridgehead atoms. The molecule has 1 aromatic heterocycles. The van der Waals surface area contributed by atoms with E-state index in [1.807, 2.05) is 65.3 Å². The van der Waals surface area contributed by atoms with Gasteiger partial charge < -0.3 is 19.3 Å². The van der Waals surface area contributed by atoms with E-state index in [0.29, 0.717) is 31.3 Å². The van der Waals surface area contributed by atoms with Crippen LogP contribution in [0, 0.1) is 10.1 Å². The van der Waals surface area contributed by atoms with Crippen LogP contribution in [0.3, 0.4) is 0 Å². The fraction of sp³-hybridized carbons (Fsp3) is 0.333. The molecule has 0 atom stereocenters. The van der Waals surface area contributed by atoms with Crippen LogP contribution >= 0.6 is 0 Å². The topological polar surface area (TPSA) is 97.1 Å². The third kappa shape index (κ3) is 4.32. The highest BCUT2D eigenvalue weighted by Crippen LogP contribution is 2.38. The lowest BCUT2D eigenvalue weighted by Gasteiger charge is -2.35. The lowest BCUT2D eigenvalue weighted by molar-refractivity contribution is -0.383. The number of nitro groups is 1. The number of rotatable bonds is 7. The number of aromatic nitrogens is 2. The van der Waals surface area contributed by atoms with Crippen molar-refractivity contribution in [2.75, 3.05) is 49.3 Å². The fourth-order valence-corrected chi connectivity index (χ4v) is 4.43. The summed E-state index contributed by atoms with van der Waals surface area (Å²) in [5, 5.41) is 12.2. The summed E-state index contributed by atoms with van der Waals surface area (Å²) in [5.74, 6) is 2.23. The molecule has 2 aromatic carbocycles. The van der Waals surface area contributed by atoms with E-state index in [-0.39, 0.29) is 17.4 Å². The third-order valence-corrected chi connectivity index (χ3v) is 6.12. The second-order valence-electron chi connectivity index (χ2n) is 8.16. The summed E-state index contributed by atoms with van der Waals surface area (Å²) in [5.41, 5.74) is 1.94. The number of ether oxygens (including phenoxy) is 2. The number of fused-ring (bicyclic) bond motifs is 1. The van der Waals surface area contributed by atoms with Crippen LogP contribution in [0.5, 0.6) is 11.5 Å². The fourth-order valence-electron chi connectivity index (χ4n) is 4.43. The van der Waals surface area contributed by atoms with Gasteiger partial charge in [0.05, 0.1) is 4.92 Å². The maximum absolute atomic E-state index is 12.2. The Bertz CT molecular complexity index is 1170. The highest BCUT2D eigenvalue weighted by molar-refractivity contribution is 5.76. The van der Waals surface area contributed by atoms with E-state index in [9.17, 15) is 10.1 Å². The van der Waals surface area contributed by atoms with Crippen LogP contribution < -0.4 is 19.3 Å². The van der Waals surface area contributed by atoms with Gasteiger partial charge in [-0.15, -0.1) is 0 Å². The van der Waals surface area contributed by atoms with E-state index in [1.165, 1.54) is 6.33 Å². The number of nitrogens with zero attached hydrogens (tertiary/aromatic N) is 6. The van der Waals surface area contributed by atoms with Gasteiger partial charge in [-0.2, -0.15) is 0 Å². The third-order valence-electron chi connectivity index (χ3n) is 6.12. The number of hydrogen-bond acceptors (Lipinski definition) is 9. The molecule has 0 saturated carbocycles. The van der Waals surface area contributed by atoms with Gasteiger partial charge in [-0.05, 0) is 36.8 Å². The van der Waals surface area contributed by atoms with E-state index < -0.39 is 0 Å². The van der Waals surface area contributed by atoms with Crippen LogP contribution in [-0.4, -0.2) is 59.3 Å². The molecule has 0 spiro atoms. The van der Waals surface area contributed by atoms with Crippen molar-refractivity contribution in [2.24, 2.45) is 0 Å². The molecule has 10 nitrogen and oxygen atoms in total. The first-order valence-electron chi connectivity index (χ1n) is 11.3. The molecule has 34 heavy (non-hydrogen) atoms. The smallest absolute Gasteiger partial charge is 0.353 e. The van der Waals surface area contributed by atoms with Crippen molar-refractivity contribution in [3.63, 3.8) is 0 Å². The number of piperazine rings is 1. The summed E-state index contributed by atoms with van der Waals surface area (Å²) >= 11 is 0. The normalized spacial score (nSPS) is 15.4. The minimum atomic E-state index is -0.366. The Balaban J connectivity index is 1.33. The van der Waals surface area contributed by atoms with Gasteiger partial charge in [0.25, 0.3) is 0 Å². The summed E-state index contributed by atoms with van der Waals surface area (Å²) in [6, 6.07) is 15.6. The molecule has 1 saturated heterocycles. The molecule has 2 aliphatic rings. The maximum Gasteiger partial charge on any atom is 0.353 e.